The first-order chi connectivity index (χ1) is 13.1. The van der Waals surface area contributed by atoms with Crippen molar-refractivity contribution in [2.75, 3.05) is 6.61 Å². The maximum absolute atomic E-state index is 12.3. The Labute approximate surface area is 160 Å². The maximum atomic E-state index is 12.3. The number of nitrogens with one attached hydrogen (secondary N) is 2. The van der Waals surface area contributed by atoms with Crippen LogP contribution in [0.3, 0.4) is 0 Å². The number of benzene rings is 1. The van der Waals surface area contributed by atoms with Crippen LogP contribution in [0.4, 0.5) is 0 Å². The van der Waals surface area contributed by atoms with Gasteiger partial charge in [0.15, 0.2) is 0 Å². The second-order valence-electron chi connectivity index (χ2n) is 7.35. The molecule has 6 heteroatoms. The zero-order valence-electron chi connectivity index (χ0n) is 15.6. The van der Waals surface area contributed by atoms with Crippen LogP contribution in [-0.4, -0.2) is 41.8 Å². The van der Waals surface area contributed by atoms with Gasteiger partial charge in [0, 0.05) is 5.92 Å². The van der Waals surface area contributed by atoms with Gasteiger partial charge in [0.2, 0.25) is 11.8 Å². The molecule has 1 aromatic rings. The Bertz CT molecular complexity index is 672. The minimum atomic E-state index is -0.539. The van der Waals surface area contributed by atoms with E-state index >= 15 is 0 Å². The largest absolute Gasteiger partial charge is 0.394 e. The average Bonchev–Trinajstić information content (AvgIpc) is 2.62. The van der Waals surface area contributed by atoms with Gasteiger partial charge in [-0.3, -0.25) is 9.59 Å². The smallest absolute Gasteiger partial charge is 0.223 e. The lowest BCUT2D eigenvalue weighted by Gasteiger charge is -2.34. The van der Waals surface area contributed by atoms with Crippen LogP contribution in [0.5, 0.6) is 0 Å². The van der Waals surface area contributed by atoms with Gasteiger partial charge >= 0.3 is 0 Å². The summed E-state index contributed by atoms with van der Waals surface area (Å²) in [5.74, 6) is -0.0128. The zero-order valence-corrected chi connectivity index (χ0v) is 15.6. The Balaban J connectivity index is 1.51. The number of amides is 2. The summed E-state index contributed by atoms with van der Waals surface area (Å²) < 4.78 is 5.83. The third kappa shape index (κ3) is 5.17. The van der Waals surface area contributed by atoms with E-state index in [1.165, 1.54) is 0 Å². The van der Waals surface area contributed by atoms with Crippen LogP contribution in [0.1, 0.15) is 44.2 Å². The fourth-order valence-electron chi connectivity index (χ4n) is 3.40. The lowest BCUT2D eigenvalue weighted by molar-refractivity contribution is -0.132. The lowest BCUT2D eigenvalue weighted by Crippen LogP contribution is -2.51. The minimum absolute atomic E-state index is 0.0193. The fourth-order valence-corrected chi connectivity index (χ4v) is 3.40. The van der Waals surface area contributed by atoms with Crippen molar-refractivity contribution in [2.45, 2.75) is 56.9 Å². The number of ether oxygens (including phenoxy) is 1. The Morgan fingerprint density at radius 3 is 2.59 bits per heavy atom. The highest BCUT2D eigenvalue weighted by molar-refractivity contribution is 5.80. The first-order valence-electron chi connectivity index (χ1n) is 9.66. The summed E-state index contributed by atoms with van der Waals surface area (Å²) in [5.41, 5.74) is 1.04. The van der Waals surface area contributed by atoms with Crippen molar-refractivity contribution >= 4 is 11.8 Å². The summed E-state index contributed by atoms with van der Waals surface area (Å²) >= 11 is 0. The molecule has 2 amide bonds. The van der Waals surface area contributed by atoms with Gasteiger partial charge in [-0.15, -0.1) is 0 Å². The van der Waals surface area contributed by atoms with Crippen molar-refractivity contribution < 1.29 is 19.4 Å². The Kier molecular flexibility index (Phi) is 6.63. The summed E-state index contributed by atoms with van der Waals surface area (Å²) in [5, 5.41) is 15.5. The second kappa shape index (κ2) is 9.15. The van der Waals surface area contributed by atoms with Gasteiger partial charge in [0.25, 0.3) is 0 Å². The molecule has 6 nitrogen and oxygen atoms in total. The molecule has 0 bridgehead atoms. The highest BCUT2D eigenvalue weighted by Gasteiger charge is 2.32. The molecule has 3 N–H and O–H groups in total. The van der Waals surface area contributed by atoms with Gasteiger partial charge in [-0.2, -0.15) is 0 Å². The number of aliphatic hydroxyl groups is 1. The van der Waals surface area contributed by atoms with Crippen LogP contribution in [0.25, 0.3) is 0 Å². The first kappa shape index (κ1) is 19.6. The number of carbonyl (C=O) groups is 2. The van der Waals surface area contributed by atoms with Crippen LogP contribution in [0.15, 0.2) is 42.5 Å². The predicted molar refractivity (Wildman–Crippen MR) is 102 cm³/mol. The molecule has 4 atom stereocenters. The fraction of sp³-hybridized carbons (Fsp3) is 0.524. The second-order valence-corrected chi connectivity index (χ2v) is 7.35. The summed E-state index contributed by atoms with van der Waals surface area (Å²) in [6.07, 6.45) is 5.80. The quantitative estimate of drug-likeness (QED) is 0.638. The SMILES string of the molecule is C[C@H](NC(=O)C[C@H]1C=C[C@@H](NC(=O)C2CCC2)[C@@H](CO)O1)c1ccccc1. The van der Waals surface area contributed by atoms with Crippen molar-refractivity contribution in [3.8, 4) is 0 Å². The first-order valence-corrected chi connectivity index (χ1v) is 9.66. The van der Waals surface area contributed by atoms with Crippen LogP contribution in [0, 0.1) is 5.92 Å². The van der Waals surface area contributed by atoms with Crippen LogP contribution < -0.4 is 10.6 Å². The lowest BCUT2D eigenvalue weighted by atomic mass is 9.84. The molecule has 0 saturated heterocycles. The predicted octanol–water partition coefficient (Wildman–Crippen LogP) is 1.85. The molecule has 0 unspecified atom stereocenters. The van der Waals surface area contributed by atoms with Crippen molar-refractivity contribution in [2.24, 2.45) is 5.92 Å². The van der Waals surface area contributed by atoms with E-state index < -0.39 is 12.2 Å². The molecule has 1 aliphatic heterocycles. The van der Waals surface area contributed by atoms with E-state index in [0.717, 1.165) is 24.8 Å². The van der Waals surface area contributed by atoms with E-state index in [9.17, 15) is 14.7 Å². The molecule has 1 saturated carbocycles. The molecule has 1 heterocycles. The van der Waals surface area contributed by atoms with Crippen molar-refractivity contribution in [1.82, 2.24) is 10.6 Å². The van der Waals surface area contributed by atoms with Crippen LogP contribution in [-0.2, 0) is 14.3 Å². The van der Waals surface area contributed by atoms with Crippen molar-refractivity contribution in [3.63, 3.8) is 0 Å². The van der Waals surface area contributed by atoms with E-state index in [0.29, 0.717) is 0 Å². The standard InChI is InChI=1S/C21H28N2O4/c1-14(15-6-3-2-4-7-15)22-20(25)12-17-10-11-18(19(13-24)27-17)23-21(26)16-8-5-9-16/h2-4,6-7,10-11,14,16-19,24H,5,8-9,12-13H2,1H3,(H,22,25)(H,23,26)/t14-,17+,18+,19+/m0/s1. The molecule has 0 spiro atoms. The van der Waals surface area contributed by atoms with Gasteiger partial charge in [-0.1, -0.05) is 48.9 Å². The number of hydrogen-bond acceptors (Lipinski definition) is 4. The number of rotatable bonds is 7. The molecule has 3 rings (SSSR count). The molecule has 1 aromatic carbocycles. The highest BCUT2D eigenvalue weighted by Crippen LogP contribution is 2.27. The molecule has 146 valence electrons. The average molecular weight is 372 g/mol. The summed E-state index contributed by atoms with van der Waals surface area (Å²) in [7, 11) is 0. The van der Waals surface area contributed by atoms with E-state index in [1.54, 1.807) is 6.08 Å². The van der Waals surface area contributed by atoms with E-state index in [2.05, 4.69) is 10.6 Å². The zero-order chi connectivity index (χ0) is 19.2. The van der Waals surface area contributed by atoms with Gasteiger partial charge in [0.05, 0.1) is 31.2 Å². The van der Waals surface area contributed by atoms with Gasteiger partial charge in [-0.25, -0.2) is 0 Å². The molecule has 2 aliphatic rings. The topological polar surface area (TPSA) is 87.7 Å². The summed E-state index contributed by atoms with van der Waals surface area (Å²) in [6, 6.07) is 9.32. The third-order valence-electron chi connectivity index (χ3n) is 5.31. The molecular formula is C21H28N2O4. The van der Waals surface area contributed by atoms with E-state index in [1.807, 2.05) is 43.3 Å². The minimum Gasteiger partial charge on any atom is -0.394 e. The third-order valence-corrected chi connectivity index (χ3v) is 5.31. The molecule has 27 heavy (non-hydrogen) atoms. The van der Waals surface area contributed by atoms with Crippen molar-refractivity contribution in [3.05, 3.63) is 48.0 Å². The Hall–Kier alpha value is -2.18. The highest BCUT2D eigenvalue weighted by atomic mass is 16.5. The van der Waals surface area contributed by atoms with Crippen LogP contribution in [0.2, 0.25) is 0 Å². The number of carbonyl (C=O) groups excluding carboxylic acids is 2. The van der Waals surface area contributed by atoms with Gasteiger partial charge < -0.3 is 20.5 Å². The molecule has 0 radical (unpaired) electrons. The maximum Gasteiger partial charge on any atom is 0.223 e. The number of hydrogen-bond donors (Lipinski definition) is 3. The van der Waals surface area contributed by atoms with E-state index in [-0.39, 0.29) is 42.8 Å². The molecular weight excluding hydrogens is 344 g/mol. The monoisotopic (exact) mass is 372 g/mol. The molecule has 1 fully saturated rings. The van der Waals surface area contributed by atoms with E-state index in [4.69, 9.17) is 4.74 Å². The van der Waals surface area contributed by atoms with Crippen molar-refractivity contribution in [1.29, 1.82) is 0 Å². The van der Waals surface area contributed by atoms with Crippen LogP contribution >= 0.6 is 0 Å². The van der Waals surface area contributed by atoms with Gasteiger partial charge in [-0.05, 0) is 25.3 Å². The normalized spacial score (nSPS) is 26.1. The number of aliphatic hydroxyl groups excluding tert-OH is 1. The Morgan fingerprint density at radius 1 is 1.22 bits per heavy atom. The van der Waals surface area contributed by atoms with Gasteiger partial charge in [0.1, 0.15) is 6.10 Å². The molecule has 1 aliphatic carbocycles. The molecule has 0 aromatic heterocycles. The Morgan fingerprint density at radius 2 is 1.96 bits per heavy atom. The summed E-state index contributed by atoms with van der Waals surface area (Å²) in [6.45, 7) is 1.73. The summed E-state index contributed by atoms with van der Waals surface area (Å²) in [4.78, 5) is 24.5.